The zero-order valence-electron chi connectivity index (χ0n) is 23.1. The average Bonchev–Trinajstić information content (AvgIpc) is 3.46. The maximum absolute atomic E-state index is 5.94. The molecule has 0 aliphatic carbocycles. The first-order valence-corrected chi connectivity index (χ1v) is 15.2. The summed E-state index contributed by atoms with van der Waals surface area (Å²) >= 11 is 7.25. The quantitative estimate of drug-likeness (QED) is 0.179. The van der Waals surface area contributed by atoms with Gasteiger partial charge in [-0.3, -0.25) is 0 Å². The Morgan fingerprint density at radius 3 is 2.07 bits per heavy atom. The molecule has 0 saturated heterocycles. The minimum atomic E-state index is 0. The zero-order chi connectivity index (χ0) is 28.1. The Labute approximate surface area is 279 Å². The van der Waals surface area contributed by atoms with Crippen molar-refractivity contribution < 1.29 is 47.5 Å². The Bertz CT molecular complexity index is 1750. The number of benzene rings is 4. The van der Waals surface area contributed by atoms with Crippen LogP contribution in [0.2, 0.25) is 0 Å². The highest BCUT2D eigenvalue weighted by atomic mass is 127. The monoisotopic (exact) mass is 799 g/mol. The van der Waals surface area contributed by atoms with Crippen LogP contribution < -0.4 is 47.5 Å². The largest absolute Gasteiger partial charge is 1.00 e. The van der Waals surface area contributed by atoms with E-state index in [0.717, 1.165) is 62.1 Å². The minimum absolute atomic E-state index is 0. The van der Waals surface area contributed by atoms with Crippen molar-refractivity contribution in [1.29, 1.82) is 0 Å². The average molecular weight is 801 g/mol. The van der Waals surface area contributed by atoms with Gasteiger partial charge in [-0.25, -0.2) is 0 Å². The number of nitrogens with zero attached hydrogens (tertiary/aromatic N) is 1. The van der Waals surface area contributed by atoms with Crippen LogP contribution in [0.15, 0.2) is 87.9 Å². The van der Waals surface area contributed by atoms with Crippen LogP contribution in [0.5, 0.6) is 23.0 Å². The predicted molar refractivity (Wildman–Crippen MR) is 166 cm³/mol. The zero-order valence-corrected chi connectivity index (χ0v) is 28.5. The first-order valence-electron chi connectivity index (χ1n) is 13.6. The Kier molecular flexibility index (Phi) is 8.40. The molecule has 0 N–H and O–H groups in total. The van der Waals surface area contributed by atoms with Crippen molar-refractivity contribution in [1.82, 2.24) is 0 Å². The molecule has 5 nitrogen and oxygen atoms in total. The number of rotatable bonds is 6. The predicted octanol–water partition coefficient (Wildman–Crippen LogP) is 5.00. The number of hydrogen-bond acceptors (Lipinski definition) is 4. The molecule has 0 fully saturated rings. The van der Waals surface area contributed by atoms with Crippen molar-refractivity contribution in [2.75, 3.05) is 21.0 Å². The molecule has 3 heterocycles. The van der Waals surface area contributed by atoms with Gasteiger partial charge in [0.25, 0.3) is 0 Å². The van der Waals surface area contributed by atoms with Gasteiger partial charge in [0, 0.05) is 32.2 Å². The molecular formula is C34H28Br2INO4. The summed E-state index contributed by atoms with van der Waals surface area (Å²) in [6.45, 7) is 1.11. The lowest BCUT2D eigenvalue weighted by atomic mass is 9.82. The number of methoxy groups -OCH3 is 2. The lowest BCUT2D eigenvalue weighted by Crippen LogP contribution is -3.00. The molecule has 0 spiro atoms. The fourth-order valence-corrected chi connectivity index (χ4v) is 6.77. The van der Waals surface area contributed by atoms with Gasteiger partial charge in [0.2, 0.25) is 12.5 Å². The second-order valence-electron chi connectivity index (χ2n) is 10.4. The van der Waals surface area contributed by atoms with Gasteiger partial charge in [-0.2, -0.15) is 4.57 Å². The number of aryl methyl sites for hydroxylation is 2. The molecule has 2 aliphatic heterocycles. The number of fused-ring (bicyclic) bond motifs is 5. The van der Waals surface area contributed by atoms with E-state index >= 15 is 0 Å². The summed E-state index contributed by atoms with van der Waals surface area (Å²) in [7, 11) is 3.40. The van der Waals surface area contributed by atoms with Crippen molar-refractivity contribution >= 4 is 42.6 Å². The number of halogens is 3. The third-order valence-corrected chi connectivity index (χ3v) is 9.25. The Morgan fingerprint density at radius 2 is 1.45 bits per heavy atom. The van der Waals surface area contributed by atoms with E-state index in [0.29, 0.717) is 0 Å². The van der Waals surface area contributed by atoms with Crippen molar-refractivity contribution in [3.05, 3.63) is 110 Å². The molecule has 0 radical (unpaired) electrons. The molecule has 4 aromatic carbocycles. The van der Waals surface area contributed by atoms with Gasteiger partial charge in [0.15, 0.2) is 35.7 Å². The highest BCUT2D eigenvalue weighted by Crippen LogP contribution is 2.45. The molecule has 0 bridgehead atoms. The third kappa shape index (κ3) is 5.15. The van der Waals surface area contributed by atoms with Crippen molar-refractivity contribution in [2.45, 2.75) is 25.3 Å². The molecule has 0 atom stereocenters. The Morgan fingerprint density at radius 1 is 0.810 bits per heavy atom. The van der Waals surface area contributed by atoms with Crippen LogP contribution in [0.1, 0.15) is 28.2 Å². The lowest BCUT2D eigenvalue weighted by molar-refractivity contribution is -0.686. The van der Waals surface area contributed by atoms with Gasteiger partial charge in [-0.15, -0.1) is 0 Å². The summed E-state index contributed by atoms with van der Waals surface area (Å²) in [5, 5.41) is 2.19. The summed E-state index contributed by atoms with van der Waals surface area (Å²) in [6, 6.07) is 25.9. The molecule has 8 heteroatoms. The smallest absolute Gasteiger partial charge is 0.231 e. The SMILES string of the molecule is COc1ccc2c(CC(c3ccc(Br)cc3)c3ccc(Br)cc3)c3[n+](cc2c1OC)CCc1cc2c(cc1-3)OCO2.[I-]. The van der Waals surface area contributed by atoms with E-state index in [-0.39, 0.29) is 36.7 Å². The van der Waals surface area contributed by atoms with Gasteiger partial charge in [-0.05, 0) is 71.6 Å². The minimum Gasteiger partial charge on any atom is -1.00 e. The number of pyridine rings is 1. The van der Waals surface area contributed by atoms with Gasteiger partial charge in [0.1, 0.15) is 0 Å². The summed E-state index contributed by atoms with van der Waals surface area (Å²) in [5.74, 6) is 3.23. The van der Waals surface area contributed by atoms with Gasteiger partial charge in [0.05, 0.1) is 25.2 Å². The van der Waals surface area contributed by atoms with Crippen LogP contribution in [0.25, 0.3) is 22.0 Å². The molecule has 42 heavy (non-hydrogen) atoms. The standard InChI is InChI=1S/C34H28Br2NO4.HI/c1-38-30-12-11-25-28(16-26(20-3-7-23(35)8-4-20)21-5-9-24(36)10-6-21)33-27-17-32-31(40-19-41-32)15-22(27)13-14-37(33)18-29(25)34(30)39-2;/h3-12,15,17-18,26H,13-14,16,19H2,1-2H3;1H/q+1;/p-1. The van der Waals surface area contributed by atoms with E-state index < -0.39 is 0 Å². The number of hydrogen-bond donors (Lipinski definition) is 0. The molecule has 5 aromatic rings. The van der Waals surface area contributed by atoms with Crippen LogP contribution >= 0.6 is 31.9 Å². The topological polar surface area (TPSA) is 40.8 Å². The number of ether oxygens (including phenoxy) is 4. The van der Waals surface area contributed by atoms with E-state index in [9.17, 15) is 0 Å². The summed E-state index contributed by atoms with van der Waals surface area (Å²) < 4.78 is 27.7. The molecule has 0 saturated carbocycles. The van der Waals surface area contributed by atoms with Crippen LogP contribution in [-0.2, 0) is 19.4 Å². The molecular weight excluding hydrogens is 773 g/mol. The van der Waals surface area contributed by atoms with E-state index in [1.807, 2.05) is 6.07 Å². The fraction of sp³-hybridized carbons (Fsp3) is 0.206. The van der Waals surface area contributed by atoms with Crippen molar-refractivity contribution in [2.24, 2.45) is 0 Å². The third-order valence-electron chi connectivity index (χ3n) is 8.20. The van der Waals surface area contributed by atoms with Crippen molar-refractivity contribution in [3.8, 4) is 34.3 Å². The van der Waals surface area contributed by atoms with Crippen molar-refractivity contribution in [3.63, 3.8) is 0 Å². The second-order valence-corrected chi connectivity index (χ2v) is 12.2. The van der Waals surface area contributed by atoms with E-state index in [1.165, 1.54) is 33.5 Å². The van der Waals surface area contributed by atoms with E-state index in [1.54, 1.807) is 14.2 Å². The summed E-state index contributed by atoms with van der Waals surface area (Å²) in [5.41, 5.74) is 7.46. The molecule has 1 aromatic heterocycles. The lowest BCUT2D eigenvalue weighted by Gasteiger charge is -2.24. The first-order chi connectivity index (χ1) is 20.0. The van der Waals surface area contributed by atoms with E-state index in [2.05, 4.69) is 109 Å². The summed E-state index contributed by atoms with van der Waals surface area (Å²) in [4.78, 5) is 0. The molecule has 214 valence electrons. The maximum Gasteiger partial charge on any atom is 0.231 e. The van der Waals surface area contributed by atoms with Crippen LogP contribution in [0.4, 0.5) is 0 Å². The molecule has 7 rings (SSSR count). The maximum atomic E-state index is 5.94. The number of aromatic nitrogens is 1. The van der Waals surface area contributed by atoms with Gasteiger partial charge in [-0.1, -0.05) is 56.1 Å². The van der Waals surface area contributed by atoms with Crippen LogP contribution in [0.3, 0.4) is 0 Å². The van der Waals surface area contributed by atoms with Gasteiger partial charge < -0.3 is 42.9 Å². The molecule has 0 unspecified atom stereocenters. The second kappa shape index (κ2) is 12.1. The van der Waals surface area contributed by atoms with E-state index in [4.69, 9.17) is 18.9 Å². The fourth-order valence-electron chi connectivity index (χ4n) is 6.24. The first kappa shape index (κ1) is 29.3. The van der Waals surface area contributed by atoms with Gasteiger partial charge >= 0.3 is 0 Å². The molecule has 0 amide bonds. The highest BCUT2D eigenvalue weighted by Gasteiger charge is 2.33. The Balaban J connectivity index is 0.00000316. The highest BCUT2D eigenvalue weighted by molar-refractivity contribution is 9.10. The molecule has 2 aliphatic rings. The van der Waals surface area contributed by atoms with Crippen LogP contribution in [0, 0.1) is 0 Å². The normalized spacial score (nSPS) is 13.0. The summed E-state index contributed by atoms with van der Waals surface area (Å²) in [6.07, 6.45) is 3.92. The van der Waals surface area contributed by atoms with Crippen LogP contribution in [-0.4, -0.2) is 21.0 Å². The Hall–Kier alpha value is -2.82.